The van der Waals surface area contributed by atoms with Crippen molar-refractivity contribution >= 4 is 49.5 Å². The van der Waals surface area contributed by atoms with Gasteiger partial charge in [-0.15, -0.1) is 0 Å². The lowest BCUT2D eigenvalue weighted by molar-refractivity contribution is -0.312. The summed E-state index contributed by atoms with van der Waals surface area (Å²) in [6.45, 7) is 2.30. The van der Waals surface area contributed by atoms with Crippen LogP contribution in [0, 0.1) is 12.8 Å². The Bertz CT molecular complexity index is 1660. The number of hydrogen-bond donors (Lipinski definition) is 0. The molecule has 1 atom stereocenters. The molecule has 0 radical (unpaired) electrons. The number of carbonyl (C=O) groups excluding carboxylic acids is 2. The highest BCUT2D eigenvalue weighted by Crippen LogP contribution is 2.34. The smallest absolute Gasteiger partial charge is 0.289 e. The summed E-state index contributed by atoms with van der Waals surface area (Å²) in [4.78, 5) is 26.5. The summed E-state index contributed by atoms with van der Waals surface area (Å²) >= 11 is 3.62. The second kappa shape index (κ2) is 11.3. The minimum atomic E-state index is -1.14. The number of carboxylic acids is 1. The number of rotatable bonds is 9. The van der Waals surface area contributed by atoms with Gasteiger partial charge in [-0.3, -0.25) is 4.79 Å². The van der Waals surface area contributed by atoms with E-state index in [2.05, 4.69) is 15.9 Å². The average molecular weight is 585 g/mol. The van der Waals surface area contributed by atoms with Gasteiger partial charge >= 0.3 is 0 Å². The van der Waals surface area contributed by atoms with Gasteiger partial charge in [-0.05, 0) is 69.4 Å². The molecule has 1 unspecified atom stereocenters. The van der Waals surface area contributed by atoms with Crippen molar-refractivity contribution in [2.45, 2.75) is 19.9 Å². The molecule has 198 valence electrons. The van der Waals surface area contributed by atoms with Crippen LogP contribution in [0.15, 0.2) is 93.8 Å². The first kappa shape index (κ1) is 26.5. The number of fused-ring (bicyclic) bond motifs is 2. The molecule has 1 amide bonds. The molecule has 0 spiro atoms. The number of para-hydroxylation sites is 1. The Kier molecular flexibility index (Phi) is 7.70. The van der Waals surface area contributed by atoms with Crippen LogP contribution in [-0.4, -0.2) is 30.4 Å². The van der Waals surface area contributed by atoms with Crippen LogP contribution in [0.2, 0.25) is 0 Å². The molecule has 0 saturated heterocycles. The first-order chi connectivity index (χ1) is 18.8. The van der Waals surface area contributed by atoms with E-state index in [0.717, 1.165) is 37.3 Å². The Balaban J connectivity index is 1.29. The van der Waals surface area contributed by atoms with Crippen molar-refractivity contribution in [2.24, 2.45) is 5.92 Å². The molecule has 1 heterocycles. The monoisotopic (exact) mass is 584 g/mol. The fourth-order valence-corrected chi connectivity index (χ4v) is 5.34. The topological polar surface area (TPSA) is 82.8 Å². The highest BCUT2D eigenvalue weighted by molar-refractivity contribution is 9.10. The van der Waals surface area contributed by atoms with E-state index in [1.807, 2.05) is 91.9 Å². The molecule has 1 aromatic heterocycles. The van der Waals surface area contributed by atoms with E-state index < -0.39 is 11.9 Å². The zero-order chi connectivity index (χ0) is 27.5. The molecule has 0 N–H and O–H groups in total. The Morgan fingerprint density at radius 2 is 1.69 bits per heavy atom. The number of aryl methyl sites for hydroxylation is 1. The summed E-state index contributed by atoms with van der Waals surface area (Å²) in [5.74, 6) is -1.18. The highest BCUT2D eigenvalue weighted by atomic mass is 79.9. The van der Waals surface area contributed by atoms with Gasteiger partial charge in [0.15, 0.2) is 5.76 Å². The van der Waals surface area contributed by atoms with E-state index in [0.29, 0.717) is 30.1 Å². The van der Waals surface area contributed by atoms with Crippen LogP contribution in [0.5, 0.6) is 5.75 Å². The molecule has 0 saturated carbocycles. The number of benzene rings is 4. The number of carbonyl (C=O) groups is 2. The number of amides is 1. The normalized spacial score (nSPS) is 12.0. The Morgan fingerprint density at radius 1 is 0.949 bits per heavy atom. The van der Waals surface area contributed by atoms with E-state index in [9.17, 15) is 14.7 Å². The van der Waals surface area contributed by atoms with Gasteiger partial charge in [0.1, 0.15) is 11.3 Å². The van der Waals surface area contributed by atoms with Gasteiger partial charge in [0.2, 0.25) is 0 Å². The molecular weight excluding hydrogens is 558 g/mol. The van der Waals surface area contributed by atoms with Crippen molar-refractivity contribution in [3.63, 3.8) is 0 Å². The number of carboxylic acid groups (broad SMARTS) is 1. The van der Waals surface area contributed by atoms with Crippen LogP contribution in [-0.2, 0) is 17.8 Å². The first-order valence-electron chi connectivity index (χ1n) is 12.6. The lowest BCUT2D eigenvalue weighted by Crippen LogP contribution is -2.36. The Hall–Kier alpha value is -4.10. The molecule has 6 nitrogen and oxygen atoms in total. The third-order valence-corrected chi connectivity index (χ3v) is 7.70. The summed E-state index contributed by atoms with van der Waals surface area (Å²) in [7, 11) is 1.76. The number of aliphatic carboxylic acids is 1. The molecule has 5 rings (SSSR count). The van der Waals surface area contributed by atoms with Crippen LogP contribution in [0.1, 0.15) is 27.2 Å². The van der Waals surface area contributed by atoms with E-state index in [4.69, 9.17) is 9.15 Å². The molecule has 0 aliphatic heterocycles. The first-order valence-corrected chi connectivity index (χ1v) is 13.4. The molecule has 0 aliphatic rings. The summed E-state index contributed by atoms with van der Waals surface area (Å²) in [6.07, 6.45) is 0.331. The lowest BCUT2D eigenvalue weighted by atomic mass is 10.0. The van der Waals surface area contributed by atoms with Gasteiger partial charge in [0.25, 0.3) is 5.91 Å². The van der Waals surface area contributed by atoms with E-state index in [-0.39, 0.29) is 12.5 Å². The summed E-state index contributed by atoms with van der Waals surface area (Å²) in [5.41, 5.74) is 3.42. The van der Waals surface area contributed by atoms with Crippen molar-refractivity contribution in [1.29, 1.82) is 0 Å². The third kappa shape index (κ3) is 5.68. The van der Waals surface area contributed by atoms with Gasteiger partial charge in [0.05, 0.1) is 11.1 Å². The van der Waals surface area contributed by atoms with E-state index >= 15 is 0 Å². The Labute approximate surface area is 234 Å². The average Bonchev–Trinajstić information content (AvgIpc) is 3.28. The van der Waals surface area contributed by atoms with E-state index in [1.54, 1.807) is 11.9 Å². The maximum atomic E-state index is 13.2. The molecule has 0 bridgehead atoms. The third-order valence-electron chi connectivity index (χ3n) is 6.89. The summed E-state index contributed by atoms with van der Waals surface area (Å²) in [6, 6.07) is 26.8. The van der Waals surface area contributed by atoms with Crippen molar-refractivity contribution in [3.8, 4) is 5.75 Å². The number of hydrogen-bond acceptors (Lipinski definition) is 5. The predicted molar refractivity (Wildman–Crippen MR) is 153 cm³/mol. The molecular formula is C32H27BrNO5-. The molecule has 7 heteroatoms. The van der Waals surface area contributed by atoms with Crippen LogP contribution < -0.4 is 9.84 Å². The minimum Gasteiger partial charge on any atom is -0.550 e. The lowest BCUT2D eigenvalue weighted by Gasteiger charge is -2.20. The van der Waals surface area contributed by atoms with Gasteiger partial charge < -0.3 is 24.0 Å². The standard InChI is InChI=1S/C32H28BrNO5/c1-20-25-10-6-7-11-27(25)39-30(20)31(35)34(2)18-22-12-14-26-23(17-22)13-15-28(29(26)33)38-19-24(32(36)37)16-21-8-4-3-5-9-21/h3-15,17,24H,16,18-19H2,1-2H3,(H,36,37)/p-1. The highest BCUT2D eigenvalue weighted by Gasteiger charge is 2.21. The van der Waals surface area contributed by atoms with Crippen LogP contribution in [0.4, 0.5) is 0 Å². The summed E-state index contributed by atoms with van der Waals surface area (Å²) < 4.78 is 12.5. The number of furan rings is 1. The van der Waals surface area contributed by atoms with Gasteiger partial charge in [0, 0.05) is 36.4 Å². The van der Waals surface area contributed by atoms with Crippen LogP contribution in [0.25, 0.3) is 21.7 Å². The molecule has 39 heavy (non-hydrogen) atoms. The van der Waals surface area contributed by atoms with Gasteiger partial charge in [-0.25, -0.2) is 0 Å². The second-order valence-corrected chi connectivity index (χ2v) is 10.5. The molecule has 4 aromatic carbocycles. The van der Waals surface area contributed by atoms with Crippen molar-refractivity contribution in [2.75, 3.05) is 13.7 Å². The number of nitrogens with zero attached hydrogens (tertiary/aromatic N) is 1. The van der Waals surface area contributed by atoms with Gasteiger partial charge in [-0.2, -0.15) is 0 Å². The van der Waals surface area contributed by atoms with Crippen LogP contribution >= 0.6 is 15.9 Å². The second-order valence-electron chi connectivity index (χ2n) is 9.66. The zero-order valence-electron chi connectivity index (χ0n) is 21.6. The molecule has 0 aliphatic carbocycles. The largest absolute Gasteiger partial charge is 0.550 e. The van der Waals surface area contributed by atoms with Crippen LogP contribution in [0.3, 0.4) is 0 Å². The fraction of sp³-hybridized carbons (Fsp3) is 0.188. The van der Waals surface area contributed by atoms with Crippen molar-refractivity contribution in [1.82, 2.24) is 4.90 Å². The maximum Gasteiger partial charge on any atom is 0.289 e. The number of halogens is 1. The Morgan fingerprint density at radius 3 is 2.44 bits per heavy atom. The molecule has 0 fully saturated rings. The van der Waals surface area contributed by atoms with Crippen molar-refractivity contribution in [3.05, 3.63) is 112 Å². The van der Waals surface area contributed by atoms with E-state index in [1.165, 1.54) is 0 Å². The number of ether oxygens (including phenoxy) is 1. The quantitative estimate of drug-likeness (QED) is 0.215. The fourth-order valence-electron chi connectivity index (χ4n) is 4.73. The van der Waals surface area contributed by atoms with Gasteiger partial charge in [-0.1, -0.05) is 66.7 Å². The summed E-state index contributed by atoms with van der Waals surface area (Å²) in [5, 5.41) is 14.5. The van der Waals surface area contributed by atoms with Crippen molar-refractivity contribution < 1.29 is 23.8 Å². The SMILES string of the molecule is Cc1c(C(=O)N(C)Cc2ccc3c(Br)c(OCC(Cc4ccccc4)C(=O)[O-])ccc3c2)oc2ccccc12. The zero-order valence-corrected chi connectivity index (χ0v) is 23.2. The predicted octanol–water partition coefficient (Wildman–Crippen LogP) is 5.92. The minimum absolute atomic E-state index is 0.00642. The maximum absolute atomic E-state index is 13.2. The molecule has 5 aromatic rings.